The highest BCUT2D eigenvalue weighted by Crippen LogP contribution is 2.31. The molecule has 1 unspecified atom stereocenters. The zero-order chi connectivity index (χ0) is 21.7. The molecule has 0 saturated carbocycles. The predicted octanol–water partition coefficient (Wildman–Crippen LogP) is 4.08. The number of carbonyl (C=O) groups is 1. The number of nitrogens with zero attached hydrogens (tertiary/aromatic N) is 2. The van der Waals surface area contributed by atoms with E-state index < -0.39 is 11.1 Å². The lowest BCUT2D eigenvalue weighted by Crippen LogP contribution is -2.43. The number of urea groups is 1. The molecule has 1 heterocycles. The van der Waals surface area contributed by atoms with Crippen LogP contribution in [0.15, 0.2) is 54.6 Å². The van der Waals surface area contributed by atoms with Crippen LogP contribution in [0.3, 0.4) is 0 Å². The molecule has 1 aliphatic rings. The van der Waals surface area contributed by atoms with Gasteiger partial charge in [-0.15, -0.1) is 0 Å². The van der Waals surface area contributed by atoms with Crippen LogP contribution in [0.4, 0.5) is 4.79 Å². The van der Waals surface area contributed by atoms with Gasteiger partial charge in [0.2, 0.25) is 0 Å². The summed E-state index contributed by atoms with van der Waals surface area (Å²) in [6, 6.07) is 18.4. The minimum atomic E-state index is -2.01. The van der Waals surface area contributed by atoms with Gasteiger partial charge in [0.1, 0.15) is 5.88 Å². The van der Waals surface area contributed by atoms with E-state index in [0.717, 1.165) is 18.4 Å². The molecule has 0 spiro atoms. The van der Waals surface area contributed by atoms with Gasteiger partial charge in [0.05, 0.1) is 12.6 Å². The van der Waals surface area contributed by atoms with E-state index in [1.807, 2.05) is 23.1 Å². The summed E-state index contributed by atoms with van der Waals surface area (Å²) in [6.45, 7) is 7.60. The Morgan fingerprint density at radius 1 is 1.10 bits per heavy atom. The van der Waals surface area contributed by atoms with Crippen LogP contribution in [0.5, 0.6) is 0 Å². The number of aryl methyl sites for hydroxylation is 1. The monoisotopic (exact) mass is 429 g/mol. The van der Waals surface area contributed by atoms with Gasteiger partial charge in [-0.3, -0.25) is 5.01 Å². The Morgan fingerprint density at radius 2 is 1.77 bits per heavy atom. The first-order valence-electron chi connectivity index (χ1n) is 10.3. The maximum absolute atomic E-state index is 13.0. The molecule has 0 aliphatic carbocycles. The van der Waals surface area contributed by atoms with E-state index in [9.17, 15) is 9.00 Å². The number of rotatable bonds is 8. The van der Waals surface area contributed by atoms with Crippen molar-refractivity contribution in [1.29, 1.82) is 0 Å². The van der Waals surface area contributed by atoms with E-state index in [2.05, 4.69) is 62.6 Å². The molecule has 0 bridgehead atoms. The highest BCUT2D eigenvalue weighted by atomic mass is 32.2. The van der Waals surface area contributed by atoms with E-state index in [-0.39, 0.29) is 23.4 Å². The van der Waals surface area contributed by atoms with Crippen LogP contribution >= 0.6 is 0 Å². The first-order chi connectivity index (χ1) is 14.3. The Morgan fingerprint density at radius 3 is 2.37 bits per heavy atom. The fourth-order valence-corrected chi connectivity index (χ4v) is 4.01. The largest absolute Gasteiger partial charge is 0.335 e. The van der Waals surface area contributed by atoms with Crippen molar-refractivity contribution in [3.05, 3.63) is 71.3 Å². The van der Waals surface area contributed by atoms with Crippen LogP contribution in [-0.2, 0) is 22.9 Å². The fourth-order valence-electron chi connectivity index (χ4n) is 3.74. The van der Waals surface area contributed by atoms with Gasteiger partial charge in [-0.2, -0.15) is 0 Å². The van der Waals surface area contributed by atoms with E-state index in [1.54, 1.807) is 0 Å². The average molecular weight is 430 g/mol. The molecule has 30 heavy (non-hydrogen) atoms. The Labute approximate surface area is 181 Å². The topological polar surface area (TPSA) is 72.9 Å². The lowest BCUT2D eigenvalue weighted by molar-refractivity contribution is 0.174. The van der Waals surface area contributed by atoms with Crippen LogP contribution in [-0.4, -0.2) is 43.7 Å². The van der Waals surface area contributed by atoms with Crippen molar-refractivity contribution in [3.8, 4) is 0 Å². The molecule has 6 nitrogen and oxygen atoms in total. The van der Waals surface area contributed by atoms with Crippen molar-refractivity contribution in [1.82, 2.24) is 15.3 Å². The third kappa shape index (κ3) is 5.68. The second-order valence-corrected chi connectivity index (χ2v) is 9.62. The quantitative estimate of drug-likeness (QED) is 0.620. The SMILES string of the molecule is CC(C)(C)c1ccc([C@H]2CN(NCS(=O)O)C(=O)N2CCCc2ccccc2)cc1. The molecule has 3 rings (SSSR count). The number of hydrogen-bond acceptors (Lipinski definition) is 3. The molecule has 2 N–H and O–H groups in total. The number of hydrogen-bond donors (Lipinski definition) is 2. The summed E-state index contributed by atoms with van der Waals surface area (Å²) in [7, 11) is 0. The normalized spacial score (nSPS) is 18.1. The van der Waals surface area contributed by atoms with Crippen molar-refractivity contribution in [2.45, 2.75) is 45.1 Å². The van der Waals surface area contributed by atoms with Crippen molar-refractivity contribution < 1.29 is 13.6 Å². The summed E-state index contributed by atoms with van der Waals surface area (Å²) in [5.74, 6) is -0.167. The van der Waals surface area contributed by atoms with Crippen LogP contribution in [0.25, 0.3) is 0 Å². The van der Waals surface area contributed by atoms with E-state index in [4.69, 9.17) is 4.55 Å². The van der Waals surface area contributed by atoms with Crippen LogP contribution in [0.1, 0.15) is 49.9 Å². The van der Waals surface area contributed by atoms with Gasteiger partial charge in [0.15, 0.2) is 11.1 Å². The zero-order valence-corrected chi connectivity index (χ0v) is 18.7. The number of carbonyl (C=O) groups excluding carboxylic acids is 1. The molecule has 7 heteroatoms. The Balaban J connectivity index is 1.74. The molecule has 162 valence electrons. The van der Waals surface area contributed by atoms with Gasteiger partial charge in [0, 0.05) is 6.54 Å². The molecule has 1 aliphatic heterocycles. The number of hydrazine groups is 1. The van der Waals surface area contributed by atoms with Gasteiger partial charge in [0.25, 0.3) is 0 Å². The fraction of sp³-hybridized carbons (Fsp3) is 0.435. The van der Waals surface area contributed by atoms with Crippen LogP contribution < -0.4 is 5.43 Å². The first-order valence-corrected chi connectivity index (χ1v) is 11.6. The predicted molar refractivity (Wildman–Crippen MR) is 120 cm³/mol. The summed E-state index contributed by atoms with van der Waals surface area (Å²) in [5.41, 5.74) is 6.44. The second-order valence-electron chi connectivity index (χ2n) is 8.69. The van der Waals surface area contributed by atoms with Gasteiger partial charge >= 0.3 is 6.03 Å². The molecule has 2 amide bonds. The number of benzene rings is 2. The first kappa shape index (κ1) is 22.5. The molecule has 2 aromatic carbocycles. The Bertz CT molecular complexity index is 866. The summed E-state index contributed by atoms with van der Waals surface area (Å²) in [6.07, 6.45) is 1.75. The molecular weight excluding hydrogens is 398 g/mol. The molecular formula is C23H31N3O3S. The van der Waals surface area contributed by atoms with E-state index >= 15 is 0 Å². The Kier molecular flexibility index (Phi) is 7.28. The molecule has 1 fully saturated rings. The Hall–Kier alpha value is -2.22. The van der Waals surface area contributed by atoms with E-state index in [1.165, 1.54) is 16.1 Å². The van der Waals surface area contributed by atoms with Gasteiger partial charge in [-0.25, -0.2) is 14.4 Å². The molecule has 0 radical (unpaired) electrons. The van der Waals surface area contributed by atoms with Crippen LogP contribution in [0.2, 0.25) is 0 Å². The van der Waals surface area contributed by atoms with Gasteiger partial charge in [-0.05, 0) is 34.9 Å². The standard InChI is InChI=1S/C23H31N3O3S/c1-23(2,3)20-13-11-19(12-14-20)21-16-26(24-17-30(28)29)22(27)25(21)15-7-10-18-8-5-4-6-9-18/h4-6,8-9,11-14,21,24H,7,10,15-17H2,1-3H3,(H,28,29)/t21-/m1/s1. The lowest BCUT2D eigenvalue weighted by atomic mass is 9.86. The average Bonchev–Trinajstić information content (AvgIpc) is 3.02. The highest BCUT2D eigenvalue weighted by molar-refractivity contribution is 7.79. The summed E-state index contributed by atoms with van der Waals surface area (Å²) in [5, 5.41) is 1.46. The summed E-state index contributed by atoms with van der Waals surface area (Å²) >= 11 is -2.01. The van der Waals surface area contributed by atoms with Crippen molar-refractivity contribution in [2.24, 2.45) is 0 Å². The minimum absolute atomic E-state index is 0.0676. The summed E-state index contributed by atoms with van der Waals surface area (Å²) in [4.78, 5) is 14.8. The maximum Gasteiger partial charge on any atom is 0.335 e. The highest BCUT2D eigenvalue weighted by Gasteiger charge is 2.38. The number of amides is 2. The third-order valence-electron chi connectivity index (χ3n) is 5.46. The number of nitrogens with one attached hydrogen (secondary N) is 1. The lowest BCUT2D eigenvalue weighted by Gasteiger charge is -2.25. The zero-order valence-electron chi connectivity index (χ0n) is 17.9. The second kappa shape index (κ2) is 9.73. The van der Waals surface area contributed by atoms with Gasteiger partial charge in [-0.1, -0.05) is 75.4 Å². The molecule has 0 aromatic heterocycles. The molecule has 2 aromatic rings. The van der Waals surface area contributed by atoms with Crippen LogP contribution in [0, 0.1) is 0 Å². The van der Waals surface area contributed by atoms with Crippen molar-refractivity contribution in [2.75, 3.05) is 19.0 Å². The molecule has 2 atom stereocenters. The van der Waals surface area contributed by atoms with E-state index in [0.29, 0.717) is 13.1 Å². The summed E-state index contributed by atoms with van der Waals surface area (Å²) < 4.78 is 20.1. The van der Waals surface area contributed by atoms with Gasteiger partial charge < -0.3 is 9.45 Å². The smallest absolute Gasteiger partial charge is 0.315 e. The third-order valence-corrected chi connectivity index (χ3v) is 5.83. The van der Waals surface area contributed by atoms with Crippen molar-refractivity contribution >= 4 is 17.1 Å². The minimum Gasteiger partial charge on any atom is -0.315 e. The maximum atomic E-state index is 13.0. The van der Waals surface area contributed by atoms with Crippen molar-refractivity contribution in [3.63, 3.8) is 0 Å². The molecule has 1 saturated heterocycles.